The Balaban J connectivity index is 1.73. The minimum Gasteiger partial charge on any atom is -0.497 e. The molecule has 1 aliphatic carbocycles. The van der Waals surface area contributed by atoms with Crippen molar-refractivity contribution in [1.29, 1.82) is 0 Å². The molecule has 0 aromatic heterocycles. The lowest BCUT2D eigenvalue weighted by Crippen LogP contribution is -2.34. The minimum atomic E-state index is -0.780. The quantitative estimate of drug-likeness (QED) is 0.835. The van der Waals surface area contributed by atoms with E-state index < -0.39 is 12.0 Å². The zero-order chi connectivity index (χ0) is 17.8. The lowest BCUT2D eigenvalue weighted by atomic mass is 9.66. The van der Waals surface area contributed by atoms with Gasteiger partial charge in [0, 0.05) is 11.8 Å². The van der Waals surface area contributed by atoms with Crippen LogP contribution >= 0.6 is 0 Å². The highest BCUT2D eigenvalue weighted by Crippen LogP contribution is 2.54. The Morgan fingerprint density at radius 3 is 2.62 bits per heavy atom. The van der Waals surface area contributed by atoms with Gasteiger partial charge in [0.25, 0.3) is 0 Å². The maximum absolute atomic E-state index is 12.5. The number of carbonyl (C=O) groups is 1. The van der Waals surface area contributed by atoms with Crippen molar-refractivity contribution in [3.8, 4) is 17.2 Å². The van der Waals surface area contributed by atoms with E-state index >= 15 is 0 Å². The van der Waals surface area contributed by atoms with Gasteiger partial charge in [-0.2, -0.15) is 0 Å². The Kier molecular flexibility index (Phi) is 3.37. The van der Waals surface area contributed by atoms with E-state index in [0.29, 0.717) is 11.5 Å². The van der Waals surface area contributed by atoms with Gasteiger partial charge in [-0.15, -0.1) is 0 Å². The Morgan fingerprint density at radius 1 is 1.08 bits per heavy atom. The van der Waals surface area contributed by atoms with Crippen LogP contribution < -0.4 is 14.2 Å². The molecule has 6 nitrogen and oxygen atoms in total. The molecule has 3 aliphatic rings. The van der Waals surface area contributed by atoms with Crippen LogP contribution in [0.15, 0.2) is 36.4 Å². The van der Waals surface area contributed by atoms with Crippen LogP contribution in [0.5, 0.6) is 17.2 Å². The molecule has 0 bridgehead atoms. The van der Waals surface area contributed by atoms with Gasteiger partial charge in [0.1, 0.15) is 5.75 Å². The van der Waals surface area contributed by atoms with Gasteiger partial charge in [0.05, 0.1) is 25.7 Å². The first-order valence-corrected chi connectivity index (χ1v) is 8.59. The summed E-state index contributed by atoms with van der Waals surface area (Å²) in [7, 11) is 1.61. The fraction of sp³-hybridized carbons (Fsp3) is 0.350. The Hall–Kier alpha value is -2.73. The number of esters is 1. The second-order valence-corrected chi connectivity index (χ2v) is 6.85. The van der Waals surface area contributed by atoms with Crippen LogP contribution in [0.3, 0.4) is 0 Å². The highest BCUT2D eigenvalue weighted by atomic mass is 16.7. The summed E-state index contributed by atoms with van der Waals surface area (Å²) in [5, 5.41) is 10.9. The Bertz CT molecular complexity index is 892. The molecular formula is C20H18O6. The fourth-order valence-electron chi connectivity index (χ4n) is 4.37. The van der Waals surface area contributed by atoms with Gasteiger partial charge in [-0.3, -0.25) is 4.79 Å². The molecule has 1 N–H and O–H groups in total. The normalized spacial score (nSPS) is 28.3. The molecule has 0 spiro atoms. The number of aliphatic hydroxyl groups excluding tert-OH is 1. The number of ether oxygens (including phenoxy) is 4. The van der Waals surface area contributed by atoms with E-state index in [2.05, 4.69) is 0 Å². The molecule has 5 rings (SSSR count). The summed E-state index contributed by atoms with van der Waals surface area (Å²) < 4.78 is 21.7. The lowest BCUT2D eigenvalue weighted by molar-refractivity contribution is -0.141. The first-order valence-electron chi connectivity index (χ1n) is 8.59. The number of hydrogen-bond acceptors (Lipinski definition) is 6. The van der Waals surface area contributed by atoms with E-state index in [1.165, 1.54) is 0 Å². The average Bonchev–Trinajstić information content (AvgIpc) is 3.28. The van der Waals surface area contributed by atoms with Gasteiger partial charge < -0.3 is 24.1 Å². The van der Waals surface area contributed by atoms with Crippen molar-refractivity contribution in [2.24, 2.45) is 11.8 Å². The molecule has 3 unspecified atom stereocenters. The number of benzene rings is 2. The zero-order valence-corrected chi connectivity index (χ0v) is 14.2. The Labute approximate surface area is 150 Å². The van der Waals surface area contributed by atoms with Crippen LogP contribution in [0.4, 0.5) is 0 Å². The van der Waals surface area contributed by atoms with Crippen LogP contribution in [0, 0.1) is 11.8 Å². The van der Waals surface area contributed by atoms with Gasteiger partial charge in [-0.1, -0.05) is 12.1 Å². The largest absolute Gasteiger partial charge is 0.497 e. The van der Waals surface area contributed by atoms with Gasteiger partial charge >= 0.3 is 5.97 Å². The summed E-state index contributed by atoms with van der Waals surface area (Å²) in [5.41, 5.74) is 2.59. The number of aliphatic hydroxyl groups is 1. The predicted octanol–water partition coefficient (Wildman–Crippen LogP) is 2.39. The van der Waals surface area contributed by atoms with Crippen molar-refractivity contribution >= 4 is 5.97 Å². The molecular weight excluding hydrogens is 336 g/mol. The SMILES string of the molecule is COc1cccc(C2c3cc4c(cc3[C@H](O)C3COC(=O)C23)OCO4)c1. The third-order valence-corrected chi connectivity index (χ3v) is 5.60. The summed E-state index contributed by atoms with van der Waals surface area (Å²) in [4.78, 5) is 12.5. The van der Waals surface area contributed by atoms with Crippen molar-refractivity contribution < 1.29 is 28.8 Å². The predicted molar refractivity (Wildman–Crippen MR) is 90.3 cm³/mol. The van der Waals surface area contributed by atoms with E-state index in [0.717, 1.165) is 22.4 Å². The number of cyclic esters (lactones) is 1. The summed E-state index contributed by atoms with van der Waals surface area (Å²) >= 11 is 0. The van der Waals surface area contributed by atoms with Gasteiger partial charge in [0.15, 0.2) is 11.5 Å². The topological polar surface area (TPSA) is 74.2 Å². The average molecular weight is 354 g/mol. The molecule has 0 radical (unpaired) electrons. The molecule has 26 heavy (non-hydrogen) atoms. The molecule has 1 saturated heterocycles. The molecule has 2 heterocycles. The number of methoxy groups -OCH3 is 1. The molecule has 134 valence electrons. The van der Waals surface area contributed by atoms with Gasteiger partial charge in [-0.25, -0.2) is 0 Å². The van der Waals surface area contributed by atoms with Crippen LogP contribution in [-0.4, -0.2) is 31.6 Å². The van der Waals surface area contributed by atoms with Crippen molar-refractivity contribution in [3.63, 3.8) is 0 Å². The standard InChI is InChI=1S/C20H18O6/c1-23-11-4-2-3-10(5-11)17-12-6-15-16(26-9-25-15)7-13(12)19(21)14-8-24-20(22)18(14)17/h2-7,14,17-19,21H,8-9H2,1H3/t14?,17?,18?,19-/m0/s1. The monoisotopic (exact) mass is 354 g/mol. The zero-order valence-electron chi connectivity index (χ0n) is 14.2. The van der Waals surface area contributed by atoms with E-state index in [1.54, 1.807) is 7.11 Å². The first kappa shape index (κ1) is 15.5. The summed E-state index contributed by atoms with van der Waals surface area (Å²) in [6, 6.07) is 11.4. The smallest absolute Gasteiger partial charge is 0.310 e. The number of rotatable bonds is 2. The van der Waals surface area contributed by atoms with Crippen molar-refractivity contribution in [3.05, 3.63) is 53.1 Å². The van der Waals surface area contributed by atoms with E-state index in [4.69, 9.17) is 18.9 Å². The molecule has 2 aromatic rings. The third-order valence-electron chi connectivity index (χ3n) is 5.60. The van der Waals surface area contributed by atoms with E-state index in [-0.39, 0.29) is 31.2 Å². The molecule has 4 atom stereocenters. The molecule has 0 amide bonds. The van der Waals surface area contributed by atoms with Gasteiger partial charge in [-0.05, 0) is 41.0 Å². The highest BCUT2D eigenvalue weighted by molar-refractivity contribution is 5.78. The molecule has 6 heteroatoms. The second-order valence-electron chi connectivity index (χ2n) is 6.85. The number of fused-ring (bicyclic) bond motifs is 3. The van der Waals surface area contributed by atoms with Crippen molar-refractivity contribution in [2.75, 3.05) is 20.5 Å². The molecule has 2 aromatic carbocycles. The second kappa shape index (κ2) is 5.64. The maximum Gasteiger partial charge on any atom is 0.310 e. The van der Waals surface area contributed by atoms with Gasteiger partial charge in [0.2, 0.25) is 6.79 Å². The maximum atomic E-state index is 12.5. The number of carbonyl (C=O) groups excluding carboxylic acids is 1. The summed E-state index contributed by atoms with van der Waals surface area (Å²) in [6.45, 7) is 0.381. The van der Waals surface area contributed by atoms with Crippen LogP contribution in [0.25, 0.3) is 0 Å². The number of hydrogen-bond donors (Lipinski definition) is 1. The molecule has 1 fully saturated rings. The van der Waals surface area contributed by atoms with E-state index in [1.807, 2.05) is 36.4 Å². The van der Waals surface area contributed by atoms with Crippen molar-refractivity contribution in [1.82, 2.24) is 0 Å². The molecule has 2 aliphatic heterocycles. The minimum absolute atomic E-state index is 0.160. The van der Waals surface area contributed by atoms with Crippen LogP contribution in [0.2, 0.25) is 0 Å². The third kappa shape index (κ3) is 2.12. The van der Waals surface area contributed by atoms with E-state index in [9.17, 15) is 9.90 Å². The summed E-state index contributed by atoms with van der Waals surface area (Å²) in [5.74, 6) is 0.739. The van der Waals surface area contributed by atoms with Crippen LogP contribution in [0.1, 0.15) is 28.7 Å². The Morgan fingerprint density at radius 2 is 1.85 bits per heavy atom. The fourth-order valence-corrected chi connectivity index (χ4v) is 4.37. The first-order chi connectivity index (χ1) is 12.7. The lowest BCUT2D eigenvalue weighted by Gasteiger charge is -2.36. The van der Waals surface area contributed by atoms with Crippen molar-refractivity contribution in [2.45, 2.75) is 12.0 Å². The highest BCUT2D eigenvalue weighted by Gasteiger charge is 2.52. The molecule has 0 saturated carbocycles. The van der Waals surface area contributed by atoms with Crippen LogP contribution in [-0.2, 0) is 9.53 Å². The summed E-state index contributed by atoms with van der Waals surface area (Å²) in [6.07, 6.45) is -0.780.